The van der Waals surface area contributed by atoms with Crippen LogP contribution in [0.1, 0.15) is 21.5 Å². The van der Waals surface area contributed by atoms with Gasteiger partial charge in [0.2, 0.25) is 0 Å². The van der Waals surface area contributed by atoms with Crippen LogP contribution >= 0.6 is 0 Å². The van der Waals surface area contributed by atoms with Gasteiger partial charge in [-0.15, -0.1) is 0 Å². The minimum Gasteiger partial charge on any atom is -0.497 e. The molecule has 4 heteroatoms. The maximum atomic E-state index is 11.8. The van der Waals surface area contributed by atoms with Gasteiger partial charge in [-0.1, -0.05) is 18.2 Å². The minimum atomic E-state index is -0.935. The average Bonchev–Trinajstić information content (AvgIpc) is 2.54. The number of nitrogens with zero attached hydrogens (tertiary/aromatic N) is 1. The first-order valence-electron chi connectivity index (χ1n) is 7.30. The number of aryl methyl sites for hydroxylation is 1. The standard InChI is InChI=1S/C19H17NO3/c1-11-5-4-6-15-16(19(21)22)12(2)18(20-17(11)15)13-7-9-14(23-3)10-8-13/h4-10H,1-3H3,(H,21,22). The second kappa shape index (κ2) is 5.72. The molecule has 1 N–H and O–H groups in total. The van der Waals surface area contributed by atoms with Gasteiger partial charge in [-0.05, 0) is 49.2 Å². The fourth-order valence-corrected chi connectivity index (χ4v) is 2.83. The number of carboxylic acid groups (broad SMARTS) is 1. The minimum absolute atomic E-state index is 0.310. The van der Waals surface area contributed by atoms with Crippen molar-refractivity contribution in [2.45, 2.75) is 13.8 Å². The van der Waals surface area contributed by atoms with Crippen molar-refractivity contribution in [2.75, 3.05) is 7.11 Å². The zero-order valence-electron chi connectivity index (χ0n) is 13.3. The largest absolute Gasteiger partial charge is 0.497 e. The summed E-state index contributed by atoms with van der Waals surface area (Å²) >= 11 is 0. The van der Waals surface area contributed by atoms with E-state index in [1.54, 1.807) is 14.0 Å². The number of para-hydroxylation sites is 1. The number of carbonyl (C=O) groups is 1. The Morgan fingerprint density at radius 3 is 2.39 bits per heavy atom. The number of hydrogen-bond acceptors (Lipinski definition) is 3. The maximum Gasteiger partial charge on any atom is 0.336 e. The van der Waals surface area contributed by atoms with Gasteiger partial charge in [0.1, 0.15) is 5.75 Å². The number of rotatable bonds is 3. The highest BCUT2D eigenvalue weighted by atomic mass is 16.5. The highest BCUT2D eigenvalue weighted by molar-refractivity contribution is 6.06. The third-order valence-corrected chi connectivity index (χ3v) is 4.04. The second-order valence-electron chi connectivity index (χ2n) is 5.47. The Labute approximate surface area is 134 Å². The van der Waals surface area contributed by atoms with Crippen LogP contribution in [-0.2, 0) is 0 Å². The van der Waals surface area contributed by atoms with Crippen LogP contribution in [0.4, 0.5) is 0 Å². The second-order valence-corrected chi connectivity index (χ2v) is 5.47. The van der Waals surface area contributed by atoms with E-state index in [0.29, 0.717) is 22.2 Å². The predicted octanol–water partition coefficient (Wildman–Crippen LogP) is 4.23. The van der Waals surface area contributed by atoms with E-state index < -0.39 is 5.97 Å². The summed E-state index contributed by atoms with van der Waals surface area (Å²) in [4.78, 5) is 16.5. The van der Waals surface area contributed by atoms with Gasteiger partial charge >= 0.3 is 5.97 Å². The number of aromatic nitrogens is 1. The molecule has 2 aromatic carbocycles. The third kappa shape index (κ3) is 2.52. The fraction of sp³-hybridized carbons (Fsp3) is 0.158. The van der Waals surface area contributed by atoms with Crippen molar-refractivity contribution >= 4 is 16.9 Å². The first kappa shape index (κ1) is 15.0. The molecule has 0 saturated carbocycles. The molecule has 23 heavy (non-hydrogen) atoms. The molecule has 116 valence electrons. The molecule has 3 rings (SSSR count). The van der Waals surface area contributed by atoms with E-state index in [-0.39, 0.29) is 0 Å². The molecule has 1 aromatic heterocycles. The number of carboxylic acids is 1. The van der Waals surface area contributed by atoms with E-state index in [2.05, 4.69) is 0 Å². The Kier molecular flexibility index (Phi) is 3.74. The van der Waals surface area contributed by atoms with Gasteiger partial charge < -0.3 is 9.84 Å². The summed E-state index contributed by atoms with van der Waals surface area (Å²) in [5.41, 5.74) is 4.22. The lowest BCUT2D eigenvalue weighted by molar-refractivity contribution is 0.0698. The first-order chi connectivity index (χ1) is 11.0. The summed E-state index contributed by atoms with van der Waals surface area (Å²) in [5.74, 6) is -0.183. The number of pyridine rings is 1. The van der Waals surface area contributed by atoms with Crippen LogP contribution in [0.15, 0.2) is 42.5 Å². The van der Waals surface area contributed by atoms with Crippen molar-refractivity contribution in [3.8, 4) is 17.0 Å². The molecule has 0 bridgehead atoms. The first-order valence-corrected chi connectivity index (χ1v) is 7.30. The van der Waals surface area contributed by atoms with Crippen molar-refractivity contribution in [1.29, 1.82) is 0 Å². The summed E-state index contributed by atoms with van der Waals surface area (Å²) in [6.45, 7) is 3.74. The smallest absolute Gasteiger partial charge is 0.336 e. The lowest BCUT2D eigenvalue weighted by Crippen LogP contribution is -2.05. The lowest BCUT2D eigenvalue weighted by atomic mass is 9.96. The number of methoxy groups -OCH3 is 1. The molecule has 0 aliphatic rings. The van der Waals surface area contributed by atoms with Crippen LogP contribution in [0.2, 0.25) is 0 Å². The monoisotopic (exact) mass is 307 g/mol. The highest BCUT2D eigenvalue weighted by Crippen LogP contribution is 2.31. The predicted molar refractivity (Wildman–Crippen MR) is 90.2 cm³/mol. The van der Waals surface area contributed by atoms with Crippen LogP contribution in [0, 0.1) is 13.8 Å². The zero-order valence-corrected chi connectivity index (χ0v) is 13.3. The van der Waals surface area contributed by atoms with Crippen molar-refractivity contribution < 1.29 is 14.6 Å². The number of ether oxygens (including phenoxy) is 1. The average molecular weight is 307 g/mol. The Hall–Kier alpha value is -2.88. The molecule has 0 unspecified atom stereocenters. The highest BCUT2D eigenvalue weighted by Gasteiger charge is 2.18. The molecule has 0 radical (unpaired) electrons. The number of aromatic carboxylic acids is 1. The summed E-state index contributed by atoms with van der Waals surface area (Å²) in [6.07, 6.45) is 0. The number of fused-ring (bicyclic) bond motifs is 1. The normalized spacial score (nSPS) is 10.7. The molecule has 0 amide bonds. The molecule has 0 saturated heterocycles. The Morgan fingerprint density at radius 2 is 1.78 bits per heavy atom. The van der Waals surface area contributed by atoms with Crippen molar-refractivity contribution in [3.63, 3.8) is 0 Å². The van der Waals surface area contributed by atoms with E-state index in [0.717, 1.165) is 22.4 Å². The molecule has 1 heterocycles. The summed E-state index contributed by atoms with van der Waals surface area (Å²) in [6, 6.07) is 13.1. The fourth-order valence-electron chi connectivity index (χ4n) is 2.83. The van der Waals surface area contributed by atoms with E-state index >= 15 is 0 Å². The Balaban J connectivity index is 2.34. The summed E-state index contributed by atoms with van der Waals surface area (Å²) in [5, 5.41) is 10.3. The van der Waals surface area contributed by atoms with Gasteiger partial charge in [0.25, 0.3) is 0 Å². The van der Waals surface area contributed by atoms with Gasteiger partial charge in [0.05, 0.1) is 23.9 Å². The SMILES string of the molecule is COc1ccc(-c2nc3c(C)cccc3c(C(=O)O)c2C)cc1. The van der Waals surface area contributed by atoms with Crippen molar-refractivity contribution in [1.82, 2.24) is 4.98 Å². The molecular weight excluding hydrogens is 290 g/mol. The Morgan fingerprint density at radius 1 is 1.09 bits per heavy atom. The van der Waals surface area contributed by atoms with Crippen LogP contribution in [0.5, 0.6) is 5.75 Å². The van der Waals surface area contributed by atoms with Gasteiger partial charge in [-0.25, -0.2) is 9.78 Å². The molecular formula is C19H17NO3. The van der Waals surface area contributed by atoms with E-state index in [9.17, 15) is 9.90 Å². The summed E-state index contributed by atoms with van der Waals surface area (Å²) < 4.78 is 5.17. The van der Waals surface area contributed by atoms with Gasteiger partial charge in [-0.3, -0.25) is 0 Å². The van der Waals surface area contributed by atoms with Crippen LogP contribution < -0.4 is 4.74 Å². The molecule has 0 aliphatic carbocycles. The van der Waals surface area contributed by atoms with Crippen molar-refractivity contribution in [3.05, 3.63) is 59.2 Å². The quantitative estimate of drug-likeness (QED) is 0.787. The number of benzene rings is 2. The molecule has 0 spiro atoms. The lowest BCUT2D eigenvalue weighted by Gasteiger charge is -2.13. The zero-order chi connectivity index (χ0) is 16.6. The summed E-state index contributed by atoms with van der Waals surface area (Å²) in [7, 11) is 1.61. The van der Waals surface area contributed by atoms with Gasteiger partial charge in [0.15, 0.2) is 0 Å². The maximum absolute atomic E-state index is 11.8. The third-order valence-electron chi connectivity index (χ3n) is 4.04. The van der Waals surface area contributed by atoms with E-state index in [1.807, 2.05) is 49.4 Å². The Bertz CT molecular complexity index is 899. The van der Waals surface area contributed by atoms with Gasteiger partial charge in [-0.2, -0.15) is 0 Å². The van der Waals surface area contributed by atoms with Crippen LogP contribution in [0.3, 0.4) is 0 Å². The van der Waals surface area contributed by atoms with Gasteiger partial charge in [0, 0.05) is 10.9 Å². The molecule has 0 fully saturated rings. The van der Waals surface area contributed by atoms with Crippen LogP contribution in [0.25, 0.3) is 22.2 Å². The van der Waals surface area contributed by atoms with E-state index in [1.165, 1.54) is 0 Å². The molecule has 0 aliphatic heterocycles. The molecule has 0 atom stereocenters. The van der Waals surface area contributed by atoms with E-state index in [4.69, 9.17) is 9.72 Å². The van der Waals surface area contributed by atoms with Crippen LogP contribution in [-0.4, -0.2) is 23.2 Å². The topological polar surface area (TPSA) is 59.4 Å². The number of hydrogen-bond donors (Lipinski definition) is 1. The molecule has 3 aromatic rings. The molecule has 4 nitrogen and oxygen atoms in total. The van der Waals surface area contributed by atoms with Crippen molar-refractivity contribution in [2.24, 2.45) is 0 Å².